The van der Waals surface area contributed by atoms with E-state index in [0.717, 1.165) is 5.56 Å². The number of aryl methyl sites for hydroxylation is 1. The van der Waals surface area contributed by atoms with Gasteiger partial charge in [0.1, 0.15) is 5.82 Å². The molecule has 0 heterocycles. The lowest BCUT2D eigenvalue weighted by Gasteiger charge is -2.00. The lowest BCUT2D eigenvalue weighted by Crippen LogP contribution is -1.96. The standard InChI is InChI=1S/C9H6BrFO/c10-6-3-1-5-2-4-7(12)8(5)9(6)11/h1,3H,2,4H2. The Morgan fingerprint density at radius 1 is 1.33 bits per heavy atom. The maximum absolute atomic E-state index is 13.3. The van der Waals surface area contributed by atoms with E-state index in [0.29, 0.717) is 17.3 Å². The first-order valence-electron chi connectivity index (χ1n) is 3.70. The van der Waals surface area contributed by atoms with Crippen LogP contribution in [0.25, 0.3) is 0 Å². The Morgan fingerprint density at radius 2 is 2.08 bits per heavy atom. The molecular formula is C9H6BrFO. The molecule has 12 heavy (non-hydrogen) atoms. The second-order valence-corrected chi connectivity index (χ2v) is 3.67. The van der Waals surface area contributed by atoms with Gasteiger partial charge in [-0.25, -0.2) is 4.39 Å². The Bertz CT molecular complexity index is 360. The number of benzene rings is 1. The lowest BCUT2D eigenvalue weighted by molar-refractivity contribution is 0.0991. The summed E-state index contributed by atoms with van der Waals surface area (Å²) in [5.74, 6) is -0.487. The van der Waals surface area contributed by atoms with Crippen molar-refractivity contribution in [2.45, 2.75) is 12.8 Å². The first-order valence-corrected chi connectivity index (χ1v) is 4.49. The zero-order valence-electron chi connectivity index (χ0n) is 6.23. The Labute approximate surface area is 77.7 Å². The third-order valence-electron chi connectivity index (χ3n) is 2.08. The molecule has 0 saturated heterocycles. The average molecular weight is 229 g/mol. The smallest absolute Gasteiger partial charge is 0.166 e. The summed E-state index contributed by atoms with van der Waals surface area (Å²) < 4.78 is 13.7. The van der Waals surface area contributed by atoms with Crippen LogP contribution < -0.4 is 0 Å². The Balaban J connectivity index is 2.71. The molecule has 0 amide bonds. The highest BCUT2D eigenvalue weighted by Crippen LogP contribution is 2.28. The molecule has 1 aliphatic carbocycles. The van der Waals surface area contributed by atoms with E-state index >= 15 is 0 Å². The first kappa shape index (κ1) is 7.92. The number of carbonyl (C=O) groups excluding carboxylic acids is 1. The molecule has 1 aromatic carbocycles. The van der Waals surface area contributed by atoms with E-state index in [-0.39, 0.29) is 11.3 Å². The molecule has 0 fully saturated rings. The minimum Gasteiger partial charge on any atom is -0.294 e. The van der Waals surface area contributed by atoms with Crippen LogP contribution >= 0.6 is 15.9 Å². The monoisotopic (exact) mass is 228 g/mol. The van der Waals surface area contributed by atoms with Gasteiger partial charge < -0.3 is 0 Å². The van der Waals surface area contributed by atoms with Crippen LogP contribution in [0.1, 0.15) is 22.3 Å². The van der Waals surface area contributed by atoms with E-state index in [4.69, 9.17) is 0 Å². The third kappa shape index (κ3) is 1.00. The average Bonchev–Trinajstić information content (AvgIpc) is 2.41. The fraction of sp³-hybridized carbons (Fsp3) is 0.222. The molecule has 0 radical (unpaired) electrons. The number of halogens is 2. The van der Waals surface area contributed by atoms with Crippen molar-refractivity contribution in [3.05, 3.63) is 33.5 Å². The molecular weight excluding hydrogens is 223 g/mol. The van der Waals surface area contributed by atoms with Crippen molar-refractivity contribution in [2.24, 2.45) is 0 Å². The normalized spacial score (nSPS) is 15.0. The summed E-state index contributed by atoms with van der Waals surface area (Å²) >= 11 is 3.05. The maximum Gasteiger partial charge on any atom is 0.166 e. The van der Waals surface area contributed by atoms with Crippen molar-refractivity contribution in [1.82, 2.24) is 0 Å². The van der Waals surface area contributed by atoms with Gasteiger partial charge in [-0.05, 0) is 34.0 Å². The van der Waals surface area contributed by atoms with Crippen molar-refractivity contribution >= 4 is 21.7 Å². The molecule has 1 nitrogen and oxygen atoms in total. The summed E-state index contributed by atoms with van der Waals surface area (Å²) in [5, 5.41) is 0. The van der Waals surface area contributed by atoms with Gasteiger partial charge in [0.05, 0.1) is 10.0 Å². The topological polar surface area (TPSA) is 17.1 Å². The number of hydrogen-bond donors (Lipinski definition) is 0. The highest BCUT2D eigenvalue weighted by molar-refractivity contribution is 9.10. The van der Waals surface area contributed by atoms with E-state index < -0.39 is 5.82 Å². The van der Waals surface area contributed by atoms with Crippen LogP contribution in [0, 0.1) is 5.82 Å². The van der Waals surface area contributed by atoms with Gasteiger partial charge in [-0.3, -0.25) is 4.79 Å². The first-order chi connectivity index (χ1) is 5.70. The second kappa shape index (κ2) is 2.66. The van der Waals surface area contributed by atoms with Gasteiger partial charge in [-0.15, -0.1) is 0 Å². The fourth-order valence-corrected chi connectivity index (χ4v) is 1.80. The van der Waals surface area contributed by atoms with Crippen LogP contribution in [-0.2, 0) is 6.42 Å². The van der Waals surface area contributed by atoms with Gasteiger partial charge in [0.25, 0.3) is 0 Å². The van der Waals surface area contributed by atoms with E-state index in [9.17, 15) is 9.18 Å². The minimum absolute atomic E-state index is 0.0798. The van der Waals surface area contributed by atoms with Gasteiger partial charge in [0, 0.05) is 6.42 Å². The Hall–Kier alpha value is -0.700. The zero-order chi connectivity index (χ0) is 8.72. The van der Waals surface area contributed by atoms with E-state index in [1.54, 1.807) is 12.1 Å². The number of Topliss-reactive ketones (excluding diaryl/α,β-unsaturated/α-hetero) is 1. The fourth-order valence-electron chi connectivity index (χ4n) is 1.47. The molecule has 2 rings (SSSR count). The molecule has 0 aliphatic heterocycles. The van der Waals surface area contributed by atoms with Crippen molar-refractivity contribution < 1.29 is 9.18 Å². The second-order valence-electron chi connectivity index (χ2n) is 2.82. The lowest BCUT2D eigenvalue weighted by atomic mass is 10.1. The van der Waals surface area contributed by atoms with Gasteiger partial charge in [-0.2, -0.15) is 0 Å². The molecule has 0 N–H and O–H groups in total. The highest BCUT2D eigenvalue weighted by atomic mass is 79.9. The van der Waals surface area contributed by atoms with Crippen LogP contribution in [0.5, 0.6) is 0 Å². The molecule has 3 heteroatoms. The molecule has 0 aromatic heterocycles. The Morgan fingerprint density at radius 3 is 2.83 bits per heavy atom. The number of hydrogen-bond acceptors (Lipinski definition) is 1. The molecule has 0 unspecified atom stereocenters. The largest absolute Gasteiger partial charge is 0.294 e. The number of rotatable bonds is 0. The predicted molar refractivity (Wildman–Crippen MR) is 46.8 cm³/mol. The number of ketones is 1. The summed E-state index contributed by atoms with van der Waals surface area (Å²) in [4.78, 5) is 11.2. The highest BCUT2D eigenvalue weighted by Gasteiger charge is 2.24. The summed E-state index contributed by atoms with van der Waals surface area (Å²) in [6.07, 6.45) is 1.13. The third-order valence-corrected chi connectivity index (χ3v) is 2.69. The molecule has 62 valence electrons. The van der Waals surface area contributed by atoms with E-state index in [1.165, 1.54) is 0 Å². The number of fused-ring (bicyclic) bond motifs is 1. The van der Waals surface area contributed by atoms with Crippen molar-refractivity contribution in [3.8, 4) is 0 Å². The summed E-state index contributed by atoms with van der Waals surface area (Å²) in [6.45, 7) is 0. The molecule has 0 saturated carbocycles. The van der Waals surface area contributed by atoms with E-state index in [1.807, 2.05) is 0 Å². The molecule has 0 spiro atoms. The van der Waals surface area contributed by atoms with Crippen molar-refractivity contribution in [2.75, 3.05) is 0 Å². The SMILES string of the molecule is O=C1CCc2ccc(Br)c(F)c21. The summed E-state index contributed by atoms with van der Waals surface area (Å²) in [6, 6.07) is 3.44. The molecule has 1 aromatic rings. The molecule has 0 atom stereocenters. The van der Waals surface area contributed by atoms with Gasteiger partial charge >= 0.3 is 0 Å². The van der Waals surface area contributed by atoms with E-state index in [2.05, 4.69) is 15.9 Å². The molecule has 1 aliphatic rings. The summed E-state index contributed by atoms with van der Waals surface area (Å²) in [7, 11) is 0. The van der Waals surface area contributed by atoms with Gasteiger partial charge in [0.15, 0.2) is 5.78 Å². The zero-order valence-corrected chi connectivity index (χ0v) is 7.82. The van der Waals surface area contributed by atoms with Crippen LogP contribution in [0.2, 0.25) is 0 Å². The number of carbonyl (C=O) groups is 1. The van der Waals surface area contributed by atoms with Crippen molar-refractivity contribution in [1.29, 1.82) is 0 Å². The van der Waals surface area contributed by atoms with Crippen LogP contribution in [0.3, 0.4) is 0 Å². The minimum atomic E-state index is -0.407. The maximum atomic E-state index is 13.3. The Kier molecular flexibility index (Phi) is 1.76. The summed E-state index contributed by atoms with van der Waals surface area (Å²) in [5.41, 5.74) is 1.12. The van der Waals surface area contributed by atoms with Crippen molar-refractivity contribution in [3.63, 3.8) is 0 Å². The quantitative estimate of drug-likeness (QED) is 0.668. The van der Waals surface area contributed by atoms with Crippen LogP contribution in [-0.4, -0.2) is 5.78 Å². The molecule has 0 bridgehead atoms. The van der Waals surface area contributed by atoms with Gasteiger partial charge in [0.2, 0.25) is 0 Å². The predicted octanol–water partition coefficient (Wildman–Crippen LogP) is 2.72. The van der Waals surface area contributed by atoms with Gasteiger partial charge in [-0.1, -0.05) is 6.07 Å². The van der Waals surface area contributed by atoms with Crippen LogP contribution in [0.4, 0.5) is 4.39 Å². The van der Waals surface area contributed by atoms with Crippen LogP contribution in [0.15, 0.2) is 16.6 Å².